The van der Waals surface area contributed by atoms with E-state index in [4.69, 9.17) is 11.6 Å². The van der Waals surface area contributed by atoms with Crippen LogP contribution in [0.5, 0.6) is 0 Å². The Morgan fingerprint density at radius 2 is 2.27 bits per heavy atom. The molecule has 82 valence electrons. The molecule has 1 heterocycles. The summed E-state index contributed by atoms with van der Waals surface area (Å²) in [5, 5.41) is 19.3. The molecule has 0 saturated carbocycles. The summed E-state index contributed by atoms with van der Waals surface area (Å²) in [6, 6.07) is 5.43. The molecule has 4 heteroatoms. The fourth-order valence-electron chi connectivity index (χ4n) is 1.93. The van der Waals surface area contributed by atoms with Crippen molar-refractivity contribution < 1.29 is 10.2 Å². The van der Waals surface area contributed by atoms with Crippen molar-refractivity contribution in [2.75, 3.05) is 18.0 Å². The van der Waals surface area contributed by atoms with Crippen LogP contribution in [-0.2, 0) is 6.61 Å². The minimum atomic E-state index is -0.268. The molecule has 1 aromatic rings. The van der Waals surface area contributed by atoms with Gasteiger partial charge in [-0.25, -0.2) is 0 Å². The van der Waals surface area contributed by atoms with Crippen molar-refractivity contribution in [1.82, 2.24) is 0 Å². The maximum absolute atomic E-state index is 9.46. The average molecular weight is 228 g/mol. The molecular weight excluding hydrogens is 214 g/mol. The van der Waals surface area contributed by atoms with Gasteiger partial charge in [-0.3, -0.25) is 0 Å². The van der Waals surface area contributed by atoms with Gasteiger partial charge < -0.3 is 15.1 Å². The van der Waals surface area contributed by atoms with Gasteiger partial charge in [0.2, 0.25) is 0 Å². The van der Waals surface area contributed by atoms with E-state index in [0.29, 0.717) is 11.6 Å². The Labute approximate surface area is 93.9 Å². The fraction of sp³-hybridized carbons (Fsp3) is 0.455. The van der Waals surface area contributed by atoms with Crippen LogP contribution in [0.25, 0.3) is 0 Å². The number of anilines is 1. The van der Waals surface area contributed by atoms with Crippen LogP contribution in [0.15, 0.2) is 18.2 Å². The van der Waals surface area contributed by atoms with E-state index in [0.717, 1.165) is 24.2 Å². The summed E-state index contributed by atoms with van der Waals surface area (Å²) >= 11 is 5.92. The molecule has 1 atom stereocenters. The second-order valence-corrected chi connectivity index (χ2v) is 4.26. The first-order chi connectivity index (χ1) is 7.20. The topological polar surface area (TPSA) is 43.7 Å². The fourth-order valence-corrected chi connectivity index (χ4v) is 2.09. The van der Waals surface area contributed by atoms with E-state index in [9.17, 15) is 10.2 Å². The summed E-state index contributed by atoms with van der Waals surface area (Å²) in [6.45, 7) is 1.43. The third-order valence-electron chi connectivity index (χ3n) is 2.72. The van der Waals surface area contributed by atoms with Crippen LogP contribution in [0, 0.1) is 0 Å². The smallest absolute Gasteiger partial charge is 0.0731 e. The normalized spacial score (nSPS) is 21.0. The molecule has 2 rings (SSSR count). The monoisotopic (exact) mass is 227 g/mol. The number of hydrogen-bond acceptors (Lipinski definition) is 3. The lowest BCUT2D eigenvalue weighted by Gasteiger charge is -2.21. The van der Waals surface area contributed by atoms with Gasteiger partial charge in [-0.1, -0.05) is 17.7 Å². The molecule has 1 aliphatic rings. The zero-order valence-electron chi connectivity index (χ0n) is 8.36. The predicted molar refractivity (Wildman–Crippen MR) is 60.2 cm³/mol. The minimum absolute atomic E-state index is 0.000895. The van der Waals surface area contributed by atoms with Crippen LogP contribution in [0.2, 0.25) is 5.02 Å². The quantitative estimate of drug-likeness (QED) is 0.803. The van der Waals surface area contributed by atoms with Crippen LogP contribution in [0.4, 0.5) is 5.69 Å². The summed E-state index contributed by atoms with van der Waals surface area (Å²) in [7, 11) is 0. The molecule has 2 N–H and O–H groups in total. The molecule has 0 amide bonds. The Morgan fingerprint density at radius 3 is 2.87 bits per heavy atom. The van der Waals surface area contributed by atoms with E-state index in [1.165, 1.54) is 0 Å². The van der Waals surface area contributed by atoms with Crippen molar-refractivity contribution in [3.05, 3.63) is 28.8 Å². The number of β-amino-alcohol motifs (C(OH)–C–C–N with tert-alkyl or cyclic N) is 1. The summed E-state index contributed by atoms with van der Waals surface area (Å²) in [4.78, 5) is 2.06. The number of benzene rings is 1. The van der Waals surface area contributed by atoms with Gasteiger partial charge in [0.1, 0.15) is 0 Å². The third kappa shape index (κ3) is 2.25. The van der Waals surface area contributed by atoms with Gasteiger partial charge in [0, 0.05) is 29.4 Å². The SMILES string of the molecule is OCc1ccc(Cl)cc1N1CCC(O)C1. The largest absolute Gasteiger partial charge is 0.392 e. The number of halogens is 1. The van der Waals surface area contributed by atoms with E-state index in [1.54, 1.807) is 6.07 Å². The molecule has 1 fully saturated rings. The Hall–Kier alpha value is -0.770. The zero-order chi connectivity index (χ0) is 10.8. The summed E-state index contributed by atoms with van der Waals surface area (Å²) in [6.07, 6.45) is 0.507. The first kappa shape index (κ1) is 10.7. The van der Waals surface area contributed by atoms with E-state index in [1.807, 2.05) is 12.1 Å². The van der Waals surface area contributed by atoms with Gasteiger partial charge in [-0.15, -0.1) is 0 Å². The molecule has 0 bridgehead atoms. The molecule has 15 heavy (non-hydrogen) atoms. The van der Waals surface area contributed by atoms with Crippen molar-refractivity contribution in [2.45, 2.75) is 19.1 Å². The lowest BCUT2D eigenvalue weighted by Crippen LogP contribution is -2.22. The molecule has 0 aromatic heterocycles. The second-order valence-electron chi connectivity index (χ2n) is 3.82. The number of aliphatic hydroxyl groups excluding tert-OH is 2. The van der Waals surface area contributed by atoms with Gasteiger partial charge in [0.05, 0.1) is 12.7 Å². The van der Waals surface area contributed by atoms with Crippen LogP contribution in [0.1, 0.15) is 12.0 Å². The van der Waals surface area contributed by atoms with Crippen LogP contribution >= 0.6 is 11.6 Å². The van der Waals surface area contributed by atoms with Gasteiger partial charge in [-0.05, 0) is 18.6 Å². The lowest BCUT2D eigenvalue weighted by atomic mass is 10.1. The Bertz CT molecular complexity index is 356. The molecule has 1 unspecified atom stereocenters. The van der Waals surface area contributed by atoms with Crippen molar-refractivity contribution in [3.63, 3.8) is 0 Å². The van der Waals surface area contributed by atoms with Crippen LogP contribution in [-0.4, -0.2) is 29.4 Å². The van der Waals surface area contributed by atoms with Gasteiger partial charge in [0.25, 0.3) is 0 Å². The molecule has 3 nitrogen and oxygen atoms in total. The number of rotatable bonds is 2. The highest BCUT2D eigenvalue weighted by atomic mass is 35.5. The molecular formula is C11H14ClNO2. The van der Waals surface area contributed by atoms with E-state index in [2.05, 4.69) is 4.90 Å². The predicted octanol–water partition coefficient (Wildman–Crippen LogP) is 1.40. The molecule has 1 aromatic carbocycles. The molecule has 0 spiro atoms. The number of nitrogens with zero attached hydrogens (tertiary/aromatic N) is 1. The van der Waals surface area contributed by atoms with Crippen LogP contribution < -0.4 is 4.90 Å². The Kier molecular flexibility index (Phi) is 3.14. The first-order valence-electron chi connectivity index (χ1n) is 5.03. The van der Waals surface area contributed by atoms with Crippen molar-refractivity contribution in [3.8, 4) is 0 Å². The van der Waals surface area contributed by atoms with Crippen molar-refractivity contribution in [2.24, 2.45) is 0 Å². The zero-order valence-corrected chi connectivity index (χ0v) is 9.11. The first-order valence-corrected chi connectivity index (χ1v) is 5.41. The highest BCUT2D eigenvalue weighted by Crippen LogP contribution is 2.27. The van der Waals surface area contributed by atoms with Crippen molar-refractivity contribution in [1.29, 1.82) is 0 Å². The minimum Gasteiger partial charge on any atom is -0.392 e. The van der Waals surface area contributed by atoms with E-state index < -0.39 is 0 Å². The lowest BCUT2D eigenvalue weighted by molar-refractivity contribution is 0.198. The Balaban J connectivity index is 2.29. The van der Waals surface area contributed by atoms with Crippen molar-refractivity contribution >= 4 is 17.3 Å². The Morgan fingerprint density at radius 1 is 1.47 bits per heavy atom. The molecule has 0 aliphatic carbocycles. The number of hydrogen-bond donors (Lipinski definition) is 2. The average Bonchev–Trinajstić information content (AvgIpc) is 2.65. The summed E-state index contributed by atoms with van der Waals surface area (Å²) < 4.78 is 0. The van der Waals surface area contributed by atoms with Gasteiger partial charge in [-0.2, -0.15) is 0 Å². The van der Waals surface area contributed by atoms with Gasteiger partial charge in [0.15, 0.2) is 0 Å². The second kappa shape index (κ2) is 4.39. The van der Waals surface area contributed by atoms with E-state index in [-0.39, 0.29) is 12.7 Å². The van der Waals surface area contributed by atoms with Gasteiger partial charge >= 0.3 is 0 Å². The summed E-state index contributed by atoms with van der Waals surface area (Å²) in [5.74, 6) is 0. The summed E-state index contributed by atoms with van der Waals surface area (Å²) in [5.41, 5.74) is 1.79. The van der Waals surface area contributed by atoms with E-state index >= 15 is 0 Å². The maximum Gasteiger partial charge on any atom is 0.0731 e. The third-order valence-corrected chi connectivity index (χ3v) is 2.96. The molecule has 1 saturated heterocycles. The highest BCUT2D eigenvalue weighted by Gasteiger charge is 2.22. The molecule has 1 aliphatic heterocycles. The highest BCUT2D eigenvalue weighted by molar-refractivity contribution is 6.30. The van der Waals surface area contributed by atoms with Crippen LogP contribution in [0.3, 0.4) is 0 Å². The maximum atomic E-state index is 9.46. The molecule has 0 radical (unpaired) electrons. The standard InChI is InChI=1S/C11H14ClNO2/c12-9-2-1-8(7-14)11(5-9)13-4-3-10(15)6-13/h1-2,5,10,14-15H,3-4,6-7H2. The number of aliphatic hydroxyl groups is 2.